The van der Waals surface area contributed by atoms with E-state index in [1.165, 1.54) is 0 Å². The van der Waals surface area contributed by atoms with Crippen LogP contribution in [-0.2, 0) is 17.8 Å². The van der Waals surface area contributed by atoms with Crippen LogP contribution in [0.1, 0.15) is 21.1 Å². The topological polar surface area (TPSA) is 51.2 Å². The fourth-order valence-electron chi connectivity index (χ4n) is 1.69. The molecule has 0 fully saturated rings. The summed E-state index contributed by atoms with van der Waals surface area (Å²) in [5.41, 5.74) is 1.63. The second kappa shape index (κ2) is 7.52. The van der Waals surface area contributed by atoms with Gasteiger partial charge in [0.1, 0.15) is 5.01 Å². The Bertz CT molecular complexity index is 586. The molecule has 1 heterocycles. The van der Waals surface area contributed by atoms with E-state index in [-0.39, 0.29) is 5.91 Å². The Morgan fingerprint density at radius 2 is 2.35 bits per heavy atom. The monoisotopic (exact) mass is 354 g/mol. The number of ether oxygens (including phenoxy) is 1. The SMILES string of the molecule is COCc1nc(CCNC(=O)c2cccc(Br)c2)cs1. The molecule has 0 aliphatic carbocycles. The second-order valence-electron chi connectivity index (χ2n) is 4.18. The van der Waals surface area contributed by atoms with Gasteiger partial charge in [0.05, 0.1) is 12.3 Å². The third-order valence-electron chi connectivity index (χ3n) is 2.62. The number of carbonyl (C=O) groups is 1. The number of carbonyl (C=O) groups excluding carboxylic acids is 1. The molecule has 0 bridgehead atoms. The fourth-order valence-corrected chi connectivity index (χ4v) is 2.89. The van der Waals surface area contributed by atoms with Gasteiger partial charge in [0.2, 0.25) is 0 Å². The molecule has 1 aromatic heterocycles. The molecule has 0 aliphatic heterocycles. The van der Waals surface area contributed by atoms with Gasteiger partial charge in [-0.25, -0.2) is 4.98 Å². The van der Waals surface area contributed by atoms with Crippen LogP contribution in [0.15, 0.2) is 34.1 Å². The van der Waals surface area contributed by atoms with Crippen LogP contribution in [-0.4, -0.2) is 24.5 Å². The van der Waals surface area contributed by atoms with Gasteiger partial charge in [0.25, 0.3) is 5.91 Å². The second-order valence-corrected chi connectivity index (χ2v) is 6.04. The summed E-state index contributed by atoms with van der Waals surface area (Å²) in [7, 11) is 1.65. The summed E-state index contributed by atoms with van der Waals surface area (Å²) in [5, 5.41) is 5.85. The van der Waals surface area contributed by atoms with Crippen molar-refractivity contribution in [2.24, 2.45) is 0 Å². The molecule has 4 nitrogen and oxygen atoms in total. The standard InChI is InChI=1S/C14H15BrN2O2S/c1-19-8-13-17-12(9-20-13)5-6-16-14(18)10-3-2-4-11(15)7-10/h2-4,7,9H,5-6,8H2,1H3,(H,16,18). The average molecular weight is 355 g/mol. The Labute approximate surface area is 130 Å². The third-order valence-corrected chi connectivity index (χ3v) is 3.99. The minimum Gasteiger partial charge on any atom is -0.378 e. The molecule has 0 saturated heterocycles. The Hall–Kier alpha value is -1.24. The molecule has 6 heteroatoms. The van der Waals surface area contributed by atoms with Crippen LogP contribution in [0.2, 0.25) is 0 Å². The van der Waals surface area contributed by atoms with Gasteiger partial charge in [-0.3, -0.25) is 4.79 Å². The lowest BCUT2D eigenvalue weighted by Gasteiger charge is -2.04. The number of benzene rings is 1. The van der Waals surface area contributed by atoms with E-state index in [0.29, 0.717) is 18.7 Å². The van der Waals surface area contributed by atoms with Gasteiger partial charge in [-0.2, -0.15) is 0 Å². The molecule has 2 rings (SSSR count). The van der Waals surface area contributed by atoms with Crippen LogP contribution < -0.4 is 5.32 Å². The van der Waals surface area contributed by atoms with Gasteiger partial charge < -0.3 is 10.1 Å². The molecule has 106 valence electrons. The molecule has 20 heavy (non-hydrogen) atoms. The highest BCUT2D eigenvalue weighted by Crippen LogP contribution is 2.12. The van der Waals surface area contributed by atoms with E-state index in [1.807, 2.05) is 17.5 Å². The average Bonchev–Trinajstić information content (AvgIpc) is 2.87. The fraction of sp³-hybridized carbons (Fsp3) is 0.286. The zero-order valence-electron chi connectivity index (χ0n) is 11.1. The van der Waals surface area contributed by atoms with Crippen molar-refractivity contribution in [3.8, 4) is 0 Å². The zero-order chi connectivity index (χ0) is 14.4. The first-order valence-corrected chi connectivity index (χ1v) is 7.82. The summed E-state index contributed by atoms with van der Waals surface area (Å²) in [5.74, 6) is -0.0707. The van der Waals surface area contributed by atoms with Crippen molar-refractivity contribution in [2.45, 2.75) is 13.0 Å². The summed E-state index contributed by atoms with van der Waals surface area (Å²) in [6, 6.07) is 7.33. The maximum Gasteiger partial charge on any atom is 0.251 e. The maximum atomic E-state index is 11.9. The first-order chi connectivity index (χ1) is 9.69. The van der Waals surface area contributed by atoms with Gasteiger partial charge in [-0.05, 0) is 18.2 Å². The molecule has 1 N–H and O–H groups in total. The third kappa shape index (κ3) is 4.40. The zero-order valence-corrected chi connectivity index (χ0v) is 13.5. The van der Waals surface area contributed by atoms with Gasteiger partial charge in [-0.15, -0.1) is 11.3 Å². The highest BCUT2D eigenvalue weighted by Gasteiger charge is 2.06. The number of nitrogens with zero attached hydrogens (tertiary/aromatic N) is 1. The number of methoxy groups -OCH3 is 1. The van der Waals surface area contributed by atoms with Crippen LogP contribution in [0.3, 0.4) is 0 Å². The van der Waals surface area contributed by atoms with E-state index in [4.69, 9.17) is 4.74 Å². The highest BCUT2D eigenvalue weighted by atomic mass is 79.9. The van der Waals surface area contributed by atoms with E-state index in [1.54, 1.807) is 30.6 Å². The van der Waals surface area contributed by atoms with Crippen molar-refractivity contribution < 1.29 is 9.53 Å². The Kier molecular flexibility index (Phi) is 5.70. The number of rotatable bonds is 6. The lowest BCUT2D eigenvalue weighted by molar-refractivity contribution is 0.0954. The van der Waals surface area contributed by atoms with Gasteiger partial charge in [-0.1, -0.05) is 22.0 Å². The summed E-state index contributed by atoms with van der Waals surface area (Å²) in [6.07, 6.45) is 0.722. The first-order valence-electron chi connectivity index (χ1n) is 6.15. The highest BCUT2D eigenvalue weighted by molar-refractivity contribution is 9.10. The van der Waals surface area contributed by atoms with Crippen LogP contribution in [0.4, 0.5) is 0 Å². The van der Waals surface area contributed by atoms with Crippen molar-refractivity contribution in [3.63, 3.8) is 0 Å². The molecule has 1 aromatic carbocycles. The van der Waals surface area contributed by atoms with Crippen LogP contribution in [0.5, 0.6) is 0 Å². The van der Waals surface area contributed by atoms with E-state index in [0.717, 1.165) is 21.6 Å². The lowest BCUT2D eigenvalue weighted by atomic mass is 10.2. The largest absolute Gasteiger partial charge is 0.378 e. The number of amides is 1. The Morgan fingerprint density at radius 3 is 3.10 bits per heavy atom. The number of hydrogen-bond donors (Lipinski definition) is 1. The summed E-state index contributed by atoms with van der Waals surface area (Å²) in [4.78, 5) is 16.3. The predicted molar refractivity (Wildman–Crippen MR) is 83.0 cm³/mol. The van der Waals surface area contributed by atoms with E-state index >= 15 is 0 Å². The van der Waals surface area contributed by atoms with Gasteiger partial charge in [0, 0.05) is 35.5 Å². The van der Waals surface area contributed by atoms with Crippen molar-refractivity contribution in [2.75, 3.05) is 13.7 Å². The number of nitrogens with one attached hydrogen (secondary N) is 1. The Balaban J connectivity index is 1.81. The van der Waals surface area contributed by atoms with Crippen molar-refractivity contribution >= 4 is 33.2 Å². The van der Waals surface area contributed by atoms with Crippen LogP contribution in [0.25, 0.3) is 0 Å². The molecule has 0 aliphatic rings. The summed E-state index contributed by atoms with van der Waals surface area (Å²) >= 11 is 4.93. The van der Waals surface area contributed by atoms with Gasteiger partial charge in [0.15, 0.2) is 0 Å². The molecule has 0 radical (unpaired) electrons. The first kappa shape index (κ1) is 15.2. The van der Waals surface area contributed by atoms with Crippen LogP contribution >= 0.6 is 27.3 Å². The maximum absolute atomic E-state index is 11.9. The van der Waals surface area contributed by atoms with Crippen LogP contribution in [0, 0.1) is 0 Å². The van der Waals surface area contributed by atoms with Crippen molar-refractivity contribution in [1.82, 2.24) is 10.3 Å². The number of halogens is 1. The number of hydrogen-bond acceptors (Lipinski definition) is 4. The minimum atomic E-state index is -0.0707. The normalized spacial score (nSPS) is 10.5. The predicted octanol–water partition coefficient (Wildman–Crippen LogP) is 3.02. The van der Waals surface area contributed by atoms with E-state index in [9.17, 15) is 4.79 Å². The van der Waals surface area contributed by atoms with Gasteiger partial charge >= 0.3 is 0 Å². The number of aromatic nitrogens is 1. The molecule has 0 spiro atoms. The summed E-state index contributed by atoms with van der Waals surface area (Å²) in [6.45, 7) is 1.11. The van der Waals surface area contributed by atoms with E-state index in [2.05, 4.69) is 26.2 Å². The van der Waals surface area contributed by atoms with E-state index < -0.39 is 0 Å². The number of thiazole rings is 1. The smallest absolute Gasteiger partial charge is 0.251 e. The molecule has 1 amide bonds. The molecule has 0 unspecified atom stereocenters. The minimum absolute atomic E-state index is 0.0707. The van der Waals surface area contributed by atoms with Crippen molar-refractivity contribution in [3.05, 3.63) is 50.4 Å². The molecular weight excluding hydrogens is 340 g/mol. The molecule has 0 saturated carbocycles. The quantitative estimate of drug-likeness (QED) is 0.867. The summed E-state index contributed by atoms with van der Waals surface area (Å²) < 4.78 is 5.92. The molecular formula is C14H15BrN2O2S. The lowest BCUT2D eigenvalue weighted by Crippen LogP contribution is -2.25. The Morgan fingerprint density at radius 1 is 1.50 bits per heavy atom. The van der Waals surface area contributed by atoms with Crippen molar-refractivity contribution in [1.29, 1.82) is 0 Å². The molecule has 0 atom stereocenters. The molecule has 2 aromatic rings.